The summed E-state index contributed by atoms with van der Waals surface area (Å²) in [5, 5.41) is 3.58. The highest BCUT2D eigenvalue weighted by Gasteiger charge is 2.28. The summed E-state index contributed by atoms with van der Waals surface area (Å²) in [6.45, 7) is -0.936. The molecule has 2 rings (SSSR count). The Hall–Kier alpha value is -1.02. The Morgan fingerprint density at radius 3 is 2.64 bits per heavy atom. The van der Waals surface area contributed by atoms with E-state index in [1.807, 2.05) is 21.6 Å². The van der Waals surface area contributed by atoms with Gasteiger partial charge in [0.25, 0.3) is 0 Å². The van der Waals surface area contributed by atoms with Gasteiger partial charge < -0.3 is 10.1 Å². The average Bonchev–Trinajstić information content (AvgIpc) is 3.09. The summed E-state index contributed by atoms with van der Waals surface area (Å²) >= 11 is 0. The molecular formula is C17H22F3NO2S2. The number of nitrogens with one attached hydrogen (secondary N) is 1. The molecule has 1 aromatic carbocycles. The van der Waals surface area contributed by atoms with Crippen LogP contribution in [0.3, 0.4) is 0 Å². The Morgan fingerprint density at radius 1 is 1.24 bits per heavy atom. The summed E-state index contributed by atoms with van der Waals surface area (Å²) in [5.41, 5.74) is 0.826. The molecule has 0 saturated carbocycles. The van der Waals surface area contributed by atoms with E-state index in [0.717, 1.165) is 23.7 Å². The minimum Gasteiger partial charge on any atom is -0.484 e. The number of hydrogen-bond donors (Lipinski definition) is 1. The normalized spacial score (nSPS) is 17.5. The van der Waals surface area contributed by atoms with E-state index in [-0.39, 0.29) is 11.7 Å². The molecule has 25 heavy (non-hydrogen) atoms. The molecule has 1 N–H and O–H groups in total. The maximum absolute atomic E-state index is 12.1. The Balaban J connectivity index is 1.59. The SMILES string of the molecule is O=C(CCCCC1CCSS1)NCc1ccc(OCC(F)(F)F)cc1. The lowest BCUT2D eigenvalue weighted by Gasteiger charge is -2.10. The molecular weight excluding hydrogens is 371 g/mol. The second-order valence-corrected chi connectivity index (χ2v) is 8.69. The van der Waals surface area contributed by atoms with Crippen molar-refractivity contribution in [1.29, 1.82) is 0 Å². The van der Waals surface area contributed by atoms with Gasteiger partial charge in [0.05, 0.1) is 0 Å². The molecule has 1 heterocycles. The Labute approximate surface area is 153 Å². The number of unbranched alkanes of at least 4 members (excludes halogenated alkanes) is 1. The van der Waals surface area contributed by atoms with Crippen molar-refractivity contribution in [3.63, 3.8) is 0 Å². The lowest BCUT2D eigenvalue weighted by molar-refractivity contribution is -0.153. The first-order valence-electron chi connectivity index (χ1n) is 8.26. The number of carbonyl (C=O) groups excluding carboxylic acids is 1. The van der Waals surface area contributed by atoms with Gasteiger partial charge in [-0.05, 0) is 37.0 Å². The smallest absolute Gasteiger partial charge is 0.422 e. The van der Waals surface area contributed by atoms with Gasteiger partial charge in [-0.2, -0.15) is 13.2 Å². The molecule has 0 aliphatic carbocycles. The second-order valence-electron chi connectivity index (χ2n) is 5.90. The van der Waals surface area contributed by atoms with E-state index in [2.05, 4.69) is 10.1 Å². The van der Waals surface area contributed by atoms with Gasteiger partial charge in [-0.25, -0.2) is 0 Å². The van der Waals surface area contributed by atoms with E-state index < -0.39 is 12.8 Å². The molecule has 3 nitrogen and oxygen atoms in total. The molecule has 1 aliphatic rings. The molecule has 8 heteroatoms. The Bertz CT molecular complexity index is 532. The monoisotopic (exact) mass is 393 g/mol. The van der Waals surface area contributed by atoms with Gasteiger partial charge >= 0.3 is 6.18 Å². The van der Waals surface area contributed by atoms with Crippen LogP contribution in [0.25, 0.3) is 0 Å². The summed E-state index contributed by atoms with van der Waals surface area (Å²) < 4.78 is 40.9. The van der Waals surface area contributed by atoms with Crippen molar-refractivity contribution in [1.82, 2.24) is 5.32 Å². The van der Waals surface area contributed by atoms with Gasteiger partial charge in [-0.15, -0.1) is 0 Å². The number of amides is 1. The fraction of sp³-hybridized carbons (Fsp3) is 0.588. The minimum absolute atomic E-state index is 0.00541. The van der Waals surface area contributed by atoms with Gasteiger partial charge in [0.15, 0.2) is 6.61 Å². The van der Waals surface area contributed by atoms with Crippen molar-refractivity contribution in [2.24, 2.45) is 0 Å². The standard InChI is InChI=1S/C17H22F3NO2S2/c18-17(19,20)12-23-14-7-5-13(6-8-14)11-21-16(22)4-2-1-3-15-9-10-24-25-15/h5-8,15H,1-4,9-12H2,(H,21,22). The fourth-order valence-electron chi connectivity index (χ4n) is 2.38. The van der Waals surface area contributed by atoms with E-state index >= 15 is 0 Å². The number of hydrogen-bond acceptors (Lipinski definition) is 4. The first-order chi connectivity index (χ1) is 11.9. The van der Waals surface area contributed by atoms with E-state index in [1.165, 1.54) is 30.7 Å². The molecule has 1 unspecified atom stereocenters. The molecule has 0 bridgehead atoms. The van der Waals surface area contributed by atoms with Crippen LogP contribution in [0.1, 0.15) is 37.7 Å². The molecule has 140 valence electrons. The predicted octanol–water partition coefficient (Wildman–Crippen LogP) is 4.96. The molecule has 1 aliphatic heterocycles. The van der Waals surface area contributed by atoms with Crippen LogP contribution in [-0.2, 0) is 11.3 Å². The summed E-state index contributed by atoms with van der Waals surface area (Å²) in [6.07, 6.45) is 0.558. The maximum atomic E-state index is 12.1. The molecule has 1 atom stereocenters. The van der Waals surface area contributed by atoms with Crippen LogP contribution in [-0.4, -0.2) is 29.7 Å². The zero-order valence-electron chi connectivity index (χ0n) is 13.8. The van der Waals surface area contributed by atoms with Crippen LogP contribution in [0.5, 0.6) is 5.75 Å². The largest absolute Gasteiger partial charge is 0.484 e. The van der Waals surface area contributed by atoms with Crippen molar-refractivity contribution in [3.05, 3.63) is 29.8 Å². The molecule has 0 radical (unpaired) electrons. The number of halogens is 3. The Kier molecular flexibility index (Phi) is 8.29. The van der Waals surface area contributed by atoms with Crippen LogP contribution in [0.2, 0.25) is 0 Å². The highest BCUT2D eigenvalue weighted by atomic mass is 33.1. The number of benzene rings is 1. The van der Waals surface area contributed by atoms with Crippen LogP contribution in [0, 0.1) is 0 Å². The quantitative estimate of drug-likeness (QED) is 0.475. The summed E-state index contributed by atoms with van der Waals surface area (Å²) in [7, 11) is 3.89. The first kappa shape index (κ1) is 20.3. The third-order valence-corrected chi connectivity index (χ3v) is 6.73. The van der Waals surface area contributed by atoms with Gasteiger partial charge in [-0.1, -0.05) is 40.1 Å². The summed E-state index contributed by atoms with van der Waals surface area (Å²) in [5.74, 6) is 1.40. The van der Waals surface area contributed by atoms with Gasteiger partial charge in [0.1, 0.15) is 5.75 Å². The Morgan fingerprint density at radius 2 is 2.00 bits per heavy atom. The number of alkyl halides is 3. The van der Waals surface area contributed by atoms with Crippen molar-refractivity contribution >= 4 is 27.5 Å². The van der Waals surface area contributed by atoms with E-state index in [0.29, 0.717) is 13.0 Å². The lowest BCUT2D eigenvalue weighted by atomic mass is 10.1. The molecule has 0 spiro atoms. The topological polar surface area (TPSA) is 38.3 Å². The van der Waals surface area contributed by atoms with Crippen LogP contribution in [0.4, 0.5) is 13.2 Å². The van der Waals surface area contributed by atoms with Crippen molar-refractivity contribution in [3.8, 4) is 5.75 Å². The third-order valence-electron chi connectivity index (χ3n) is 3.72. The highest BCUT2D eigenvalue weighted by Crippen LogP contribution is 2.39. The first-order valence-corrected chi connectivity index (χ1v) is 10.6. The summed E-state index contributed by atoms with van der Waals surface area (Å²) in [4.78, 5) is 11.8. The fourth-order valence-corrected chi connectivity index (χ4v) is 5.41. The van der Waals surface area contributed by atoms with Gasteiger partial charge in [0.2, 0.25) is 5.91 Å². The summed E-state index contributed by atoms with van der Waals surface area (Å²) in [6, 6.07) is 6.26. The minimum atomic E-state index is -4.35. The third kappa shape index (κ3) is 8.76. The number of carbonyl (C=O) groups is 1. The van der Waals surface area contributed by atoms with Crippen LogP contribution >= 0.6 is 21.6 Å². The number of rotatable bonds is 9. The van der Waals surface area contributed by atoms with Crippen molar-refractivity contribution < 1.29 is 22.7 Å². The lowest BCUT2D eigenvalue weighted by Crippen LogP contribution is -2.22. The van der Waals surface area contributed by atoms with E-state index in [1.54, 1.807) is 12.1 Å². The second kappa shape index (κ2) is 10.2. The zero-order chi connectivity index (χ0) is 18.1. The zero-order valence-corrected chi connectivity index (χ0v) is 15.4. The van der Waals surface area contributed by atoms with E-state index in [4.69, 9.17) is 0 Å². The van der Waals surface area contributed by atoms with Crippen LogP contribution < -0.4 is 10.1 Å². The van der Waals surface area contributed by atoms with E-state index in [9.17, 15) is 18.0 Å². The predicted molar refractivity (Wildman–Crippen MR) is 96.8 cm³/mol. The van der Waals surface area contributed by atoms with Crippen molar-refractivity contribution in [2.75, 3.05) is 12.4 Å². The maximum Gasteiger partial charge on any atom is 0.422 e. The van der Waals surface area contributed by atoms with Gasteiger partial charge in [-0.3, -0.25) is 4.79 Å². The van der Waals surface area contributed by atoms with Gasteiger partial charge in [0, 0.05) is 24.0 Å². The highest BCUT2D eigenvalue weighted by molar-refractivity contribution is 8.77. The molecule has 1 aromatic rings. The molecule has 1 saturated heterocycles. The molecule has 1 fully saturated rings. The molecule has 0 aromatic heterocycles. The number of ether oxygens (including phenoxy) is 1. The molecule has 1 amide bonds. The van der Waals surface area contributed by atoms with Crippen LogP contribution in [0.15, 0.2) is 24.3 Å². The average molecular weight is 393 g/mol. The van der Waals surface area contributed by atoms with Crippen molar-refractivity contribution in [2.45, 2.75) is 50.1 Å².